The first-order chi connectivity index (χ1) is 67.9. The number of carboxylic acid groups (broad SMARTS) is 1. The third-order valence-corrected chi connectivity index (χ3v) is 24.3. The summed E-state index contributed by atoms with van der Waals surface area (Å²) in [5.74, 6) is 0.155. The Kier molecular flexibility index (Phi) is 59.9. The Morgan fingerprint density at radius 2 is 0.905 bits per heavy atom. The maximum absolute atomic E-state index is 13.3. The van der Waals surface area contributed by atoms with Crippen LogP contribution in [0, 0.1) is 101 Å². The molecule has 4 atom stereocenters. The SMILES string of the molecule is Brc1nccs1.C.Cc1cc(C(=O)Cc2cccc(C(O)c3nccs3)c2)n(-c2cccc(C#N)c2)n1.Cc1cc(C(=O)Cc2cccc(C(OCC3CC3)c3nccs3)c2)n(-c2cccc(C#N)c2)n1.Cc1cc(C(=O)O)n(-c2cccc(C#N)c2)n1.Nc1cccc(C(O)c2nccs2)c1.O=Cc1cccc([N+](=O)[O-])c1.O=S(Cl)Cl.O=[N+]([O-])c1cccc(C(O)c2nccs2)c1.OCC1CC1.[B].[CH2-]CCC.[CH3-].[H-].[Li+].[Na+].[Ni]. The van der Waals surface area contributed by atoms with Gasteiger partial charge in [0.15, 0.2) is 21.2 Å². The van der Waals surface area contributed by atoms with E-state index in [1.165, 1.54) is 113 Å². The predicted molar refractivity (Wildman–Crippen MR) is 568 cm³/mol. The molecule has 757 valence electrons. The number of carbonyl (C=O) groups is 4. The number of aldehydes is 1. The van der Waals surface area contributed by atoms with Crippen molar-refractivity contribution in [2.45, 2.75) is 111 Å². The first-order valence-electron chi connectivity index (χ1n) is 42.8. The first kappa shape index (κ1) is 129. The largest absolute Gasteiger partial charge is 1.00 e. The number of non-ortho nitro benzene ring substituents is 2. The quantitative estimate of drug-likeness (QED) is 0.00428. The fourth-order valence-electron chi connectivity index (χ4n) is 12.5. The molecule has 45 heteroatoms. The minimum Gasteiger partial charge on any atom is -1.00 e. The number of ether oxygens (including phenoxy) is 1. The second-order valence-electron chi connectivity index (χ2n) is 30.5. The molecule has 0 amide bonds. The molecule has 2 saturated carbocycles. The Bertz CT molecular complexity index is 6920. The average Bonchev–Trinajstić information content (AvgIpc) is 1.66. The van der Waals surface area contributed by atoms with Crippen LogP contribution in [-0.4, -0.2) is 139 Å². The van der Waals surface area contributed by atoms with Gasteiger partial charge in [-0.15, -0.1) is 56.7 Å². The van der Waals surface area contributed by atoms with Crippen LogP contribution >= 0.6 is 94.0 Å². The number of aromatic nitrogens is 11. The van der Waals surface area contributed by atoms with Crippen LogP contribution in [0.25, 0.3) is 17.1 Å². The van der Waals surface area contributed by atoms with E-state index in [0.717, 1.165) is 49.9 Å². The first-order valence-corrected chi connectivity index (χ1v) is 50.8. The summed E-state index contributed by atoms with van der Waals surface area (Å²) >= 11 is 10.5. The number of anilines is 1. The second kappa shape index (κ2) is 68.0. The molecule has 2 fully saturated rings. The molecule has 16 aromatic rings. The molecule has 2 aliphatic carbocycles. The van der Waals surface area contributed by atoms with Gasteiger partial charge in [-0.1, -0.05) is 124 Å². The number of thiazole rings is 5. The Labute approximate surface area is 938 Å². The van der Waals surface area contributed by atoms with Gasteiger partial charge < -0.3 is 51.8 Å². The zero-order chi connectivity index (χ0) is 102. The number of aliphatic hydroxyl groups excluding tert-OH is 4. The number of rotatable bonds is 26. The van der Waals surface area contributed by atoms with E-state index in [4.69, 9.17) is 35.4 Å². The summed E-state index contributed by atoms with van der Waals surface area (Å²) in [6.07, 6.45) is 14.1. The Balaban J connectivity index is 0.000000591. The van der Waals surface area contributed by atoms with Gasteiger partial charge in [-0.2, -0.15) is 37.5 Å². The Morgan fingerprint density at radius 1 is 0.558 bits per heavy atom. The summed E-state index contributed by atoms with van der Waals surface area (Å²) in [7, 11) is 7.36. The minimum absolute atomic E-state index is 0. The summed E-state index contributed by atoms with van der Waals surface area (Å²) in [6.45, 7) is 12.3. The van der Waals surface area contributed by atoms with Gasteiger partial charge in [-0.3, -0.25) is 34.6 Å². The van der Waals surface area contributed by atoms with Crippen molar-refractivity contribution in [1.29, 1.82) is 15.8 Å². The van der Waals surface area contributed by atoms with Crippen LogP contribution in [0.4, 0.5) is 17.1 Å². The standard InChI is InChI=1S/C27H24N4O2S.C23H18N4O2S.C12H9N3O2.C10H8N2O3S.C10H10N2OS.C7H5NO3.C4H8O.C4H9.C3H2BrNS.CH4.CH3.B.Cl2OS.Li.Na.Ni.H/c1-18-12-24(31(30-18)23-7-3-5-21(14-23)16-28)25(32)15-20-4-2-6-22(13-20)26(27-29-10-11-34-27)33-17-19-8-9-19;1-15-10-20(27(26-15)19-7-3-5-17(12-19)14-24)21(28)13-16-4-2-6-18(11-16)22(29)23-25-8-9-30-23;1-8-5-11(12(16)17)15(14-8)10-4-2-3-9(6-10)7-13;13-9(10-11-4-5-16-10)7-2-1-3-8(6-7)12(14)15;11-8-3-1-2-7(6-8)9(13)10-12-4-5-14-10;9-5-6-2-1-3-7(4-6)8(10)11;5-3-4-1-2-4;1-3-4-2;4-3-5-1-2-6-3;;;;1-4(2)3;;;;/h2-7,10-14,19,26H,8-9,15,17H2,1H3;2-12,22,29H,13H2,1H3;2-6H,1H3,(H,16,17);1-6,9,13H;1-6,9,13H,11H2;1-5H;4-5H,1-3H2;1,3-4H2,2H3;1-2H;1H4;1H3;;;;;;/q;;;;;;;-1;;;-1;;;2*+1;;-1. The van der Waals surface area contributed by atoms with Crippen molar-refractivity contribution in [2.75, 3.05) is 18.9 Å². The van der Waals surface area contributed by atoms with Gasteiger partial charge in [-0.05, 0) is 193 Å². The van der Waals surface area contributed by atoms with Crippen LogP contribution in [0.1, 0.15) is 208 Å². The van der Waals surface area contributed by atoms with Gasteiger partial charge in [0.1, 0.15) is 62.1 Å². The zero-order valence-electron chi connectivity index (χ0n) is 80.8. The number of nitro groups is 2. The number of hydrogen-bond donors (Lipinski definition) is 6. The predicted octanol–water partition coefficient (Wildman–Crippen LogP) is 16.3. The number of aliphatic hydroxyl groups is 4. The van der Waals surface area contributed by atoms with Gasteiger partial charge >= 0.3 is 54.4 Å². The number of nitrogens with zero attached hydrogens (tertiary/aromatic N) is 16. The number of nitro benzene ring substituents is 2. The molecule has 32 nitrogen and oxygen atoms in total. The van der Waals surface area contributed by atoms with Gasteiger partial charge in [0.25, 0.3) is 11.4 Å². The molecular weight excluding hydrogens is 2150 g/mol. The van der Waals surface area contributed by atoms with Crippen LogP contribution in [0.15, 0.2) is 274 Å². The molecular formula is C102H101BBrCl2LiN17NaNiO15S6-. The zero-order valence-corrected chi connectivity index (χ0v) is 90.8. The number of carboxylic acids is 1. The summed E-state index contributed by atoms with van der Waals surface area (Å²) in [4.78, 5) is 87.8. The van der Waals surface area contributed by atoms with Crippen LogP contribution < -0.4 is 54.2 Å². The third kappa shape index (κ3) is 43.2. The molecule has 8 aromatic heterocycles. The molecule has 7 N–H and O–H groups in total. The molecule has 4 unspecified atom stereocenters. The van der Waals surface area contributed by atoms with Crippen LogP contribution in [0.2, 0.25) is 0 Å². The van der Waals surface area contributed by atoms with E-state index in [2.05, 4.69) is 103 Å². The van der Waals surface area contributed by atoms with Crippen LogP contribution in [0.3, 0.4) is 0 Å². The van der Waals surface area contributed by atoms with Gasteiger partial charge in [0.2, 0.25) is 9.23 Å². The molecule has 147 heavy (non-hydrogen) atoms. The number of nitrogen functional groups attached to an aromatic ring is 1. The fourth-order valence-corrected chi connectivity index (χ4v) is 16.0. The molecule has 3 radical (unpaired) electrons. The summed E-state index contributed by atoms with van der Waals surface area (Å²) in [5.41, 5.74) is 17.7. The topological polar surface area (TPSA) is 497 Å². The van der Waals surface area contributed by atoms with Crippen molar-refractivity contribution in [2.24, 2.45) is 11.8 Å². The molecule has 2 aliphatic rings. The number of hydrogen-bond acceptors (Lipinski definition) is 31. The molecule has 0 spiro atoms. The van der Waals surface area contributed by atoms with E-state index in [9.17, 15) is 60.0 Å². The monoisotopic (exact) mass is 2240 g/mol. The molecule has 8 heterocycles. The van der Waals surface area contributed by atoms with Crippen LogP contribution in [-0.2, 0) is 43.3 Å². The average molecular weight is 2250 g/mol. The maximum atomic E-state index is 13.3. The molecule has 18 rings (SSSR count). The van der Waals surface area contributed by atoms with Crippen LogP contribution in [0.5, 0.6) is 0 Å². The Hall–Kier alpha value is -11.7. The van der Waals surface area contributed by atoms with E-state index in [0.29, 0.717) is 119 Å². The minimum atomic E-state index is -1.67. The number of Topliss-reactive ketones (excluding diaryl/α,β-unsaturated/α-hetero) is 2. The van der Waals surface area contributed by atoms with Gasteiger partial charge in [0.05, 0.1) is 85.5 Å². The van der Waals surface area contributed by atoms with E-state index >= 15 is 0 Å². The smallest absolute Gasteiger partial charge is 1.00 e. The third-order valence-electron chi connectivity index (χ3n) is 19.7. The van der Waals surface area contributed by atoms with E-state index in [1.54, 1.807) is 172 Å². The molecule has 0 bridgehead atoms. The number of benzene rings is 8. The number of aromatic carboxylic acids is 1. The van der Waals surface area contributed by atoms with E-state index < -0.39 is 43.4 Å². The summed E-state index contributed by atoms with van der Waals surface area (Å²) < 4.78 is 20.8. The number of aryl methyl sites for hydroxylation is 3. The number of nitrogens with two attached hydrogens (primary N) is 1. The maximum Gasteiger partial charge on any atom is 1.00 e. The number of nitriles is 3. The van der Waals surface area contributed by atoms with Crippen molar-refractivity contribution < 1.29 is 130 Å². The van der Waals surface area contributed by atoms with Gasteiger partial charge in [-0.25, -0.2) is 48.0 Å². The second-order valence-corrected chi connectivity index (χ2v) is 38.9. The van der Waals surface area contributed by atoms with Crippen molar-refractivity contribution >= 4 is 153 Å². The van der Waals surface area contributed by atoms with Gasteiger partial charge in [0, 0.05) is 159 Å². The Morgan fingerprint density at radius 3 is 1.24 bits per heavy atom. The van der Waals surface area contributed by atoms with E-state index in [1.807, 2.05) is 114 Å². The summed E-state index contributed by atoms with van der Waals surface area (Å²) in [5, 5.41) is 121. The number of unbranched alkanes of at least 4 members (excludes halogenated alkanes) is 1. The molecule has 0 saturated heterocycles. The fraction of sp³-hybridized carbons (Fsp3) is 0.206. The van der Waals surface area contributed by atoms with E-state index in [-0.39, 0.29) is 137 Å². The van der Waals surface area contributed by atoms with Crippen molar-refractivity contribution in [3.05, 3.63) is 419 Å². The molecule has 8 aromatic carbocycles. The van der Waals surface area contributed by atoms with Crippen molar-refractivity contribution in [3.8, 4) is 35.3 Å². The molecule has 0 aliphatic heterocycles. The van der Waals surface area contributed by atoms with Crippen molar-refractivity contribution in [3.63, 3.8) is 0 Å². The van der Waals surface area contributed by atoms with Crippen molar-refractivity contribution in [1.82, 2.24) is 54.3 Å². The number of halogens is 3. The number of ketones is 2. The normalized spacial score (nSPS) is 11.6. The number of carbonyl (C=O) groups excluding carboxylic acids is 3. The summed E-state index contributed by atoms with van der Waals surface area (Å²) in [6, 6.07) is 66.1.